The van der Waals surface area contributed by atoms with Crippen molar-refractivity contribution in [2.75, 3.05) is 0 Å². The van der Waals surface area contributed by atoms with Crippen molar-refractivity contribution in [3.05, 3.63) is 72.4 Å². The third-order valence-electron chi connectivity index (χ3n) is 4.11. The van der Waals surface area contributed by atoms with Crippen LogP contribution in [0.1, 0.15) is 11.3 Å². The lowest BCUT2D eigenvalue weighted by atomic mass is 10.1. The minimum absolute atomic E-state index is 0.575. The predicted molar refractivity (Wildman–Crippen MR) is 99.3 cm³/mol. The molecule has 4 aromatic rings. The number of hydrogen-bond donors (Lipinski definition) is 2. The van der Waals surface area contributed by atoms with Gasteiger partial charge in [-0.3, -0.25) is 4.98 Å². The molecular formula is C19H16N6. The number of rotatable bonds is 4. The van der Waals surface area contributed by atoms with Crippen molar-refractivity contribution in [1.82, 2.24) is 19.5 Å². The van der Waals surface area contributed by atoms with Gasteiger partial charge >= 0.3 is 0 Å². The summed E-state index contributed by atoms with van der Waals surface area (Å²) >= 11 is 0. The molecule has 0 radical (unpaired) electrons. The zero-order valence-electron chi connectivity index (χ0n) is 13.4. The van der Waals surface area contributed by atoms with E-state index in [1.54, 1.807) is 12.5 Å². The van der Waals surface area contributed by atoms with E-state index in [4.69, 9.17) is 11.1 Å². The van der Waals surface area contributed by atoms with Gasteiger partial charge in [0.15, 0.2) is 5.65 Å². The van der Waals surface area contributed by atoms with Gasteiger partial charge in [-0.2, -0.15) is 0 Å². The third kappa shape index (κ3) is 2.74. The minimum Gasteiger partial charge on any atom is -0.404 e. The molecule has 3 N–H and O–H groups in total. The van der Waals surface area contributed by atoms with Crippen molar-refractivity contribution in [3.8, 4) is 0 Å². The summed E-state index contributed by atoms with van der Waals surface area (Å²) in [5.41, 5.74) is 10.5. The fraction of sp³-hybridized carbons (Fsp3) is 0.0526. The number of fused-ring (bicyclic) bond motifs is 2. The van der Waals surface area contributed by atoms with Crippen LogP contribution in [0.5, 0.6) is 0 Å². The molecule has 0 fully saturated rings. The van der Waals surface area contributed by atoms with Crippen LogP contribution in [0.15, 0.2) is 61.2 Å². The Morgan fingerprint density at radius 2 is 2.00 bits per heavy atom. The summed E-state index contributed by atoms with van der Waals surface area (Å²) in [6, 6.07) is 13.9. The number of imidazole rings is 1. The standard InChI is InChI=1S/C19H16N6/c20-9-15(10-21)17-5-6-18-19(24-17)25(12-23-18)11-13-3-4-16-14(8-13)2-1-7-22-16/h1-10,12,20H,11,21H2/b15-10+,20-9?. The van der Waals surface area contributed by atoms with Crippen molar-refractivity contribution in [2.24, 2.45) is 5.73 Å². The second-order valence-corrected chi connectivity index (χ2v) is 5.71. The molecule has 0 saturated carbocycles. The first kappa shape index (κ1) is 15.0. The number of benzene rings is 1. The van der Waals surface area contributed by atoms with Crippen LogP contribution < -0.4 is 5.73 Å². The number of aromatic nitrogens is 4. The minimum atomic E-state index is 0.575. The average molecular weight is 328 g/mol. The van der Waals surface area contributed by atoms with Gasteiger partial charge in [-0.15, -0.1) is 0 Å². The molecule has 0 saturated heterocycles. The maximum absolute atomic E-state index is 7.44. The smallest absolute Gasteiger partial charge is 0.160 e. The molecule has 0 unspecified atom stereocenters. The summed E-state index contributed by atoms with van der Waals surface area (Å²) in [7, 11) is 0. The normalized spacial score (nSPS) is 11.9. The Morgan fingerprint density at radius 1 is 1.12 bits per heavy atom. The van der Waals surface area contributed by atoms with E-state index in [0.717, 1.165) is 27.6 Å². The van der Waals surface area contributed by atoms with Crippen LogP contribution >= 0.6 is 0 Å². The Kier molecular flexibility index (Phi) is 3.70. The molecule has 1 aromatic carbocycles. The van der Waals surface area contributed by atoms with Gasteiger partial charge in [0.2, 0.25) is 0 Å². The number of allylic oxidation sites excluding steroid dienone is 1. The Morgan fingerprint density at radius 3 is 2.84 bits per heavy atom. The molecule has 0 aliphatic carbocycles. The summed E-state index contributed by atoms with van der Waals surface area (Å²) in [6.45, 7) is 0.657. The number of nitrogens with two attached hydrogens (primary N) is 1. The topological polar surface area (TPSA) is 93.5 Å². The number of hydrogen-bond acceptors (Lipinski definition) is 5. The maximum Gasteiger partial charge on any atom is 0.160 e. The lowest BCUT2D eigenvalue weighted by Crippen LogP contribution is -2.01. The van der Waals surface area contributed by atoms with Crippen LogP contribution in [-0.2, 0) is 6.54 Å². The van der Waals surface area contributed by atoms with E-state index < -0.39 is 0 Å². The molecule has 3 aromatic heterocycles. The van der Waals surface area contributed by atoms with Gasteiger partial charge < -0.3 is 15.7 Å². The number of pyridine rings is 2. The Labute approximate surface area is 144 Å². The zero-order chi connectivity index (χ0) is 17.2. The third-order valence-corrected chi connectivity index (χ3v) is 4.11. The summed E-state index contributed by atoms with van der Waals surface area (Å²) < 4.78 is 1.99. The molecule has 25 heavy (non-hydrogen) atoms. The molecule has 6 heteroatoms. The van der Waals surface area contributed by atoms with Gasteiger partial charge in [0.1, 0.15) is 5.52 Å². The van der Waals surface area contributed by atoms with E-state index in [1.165, 1.54) is 12.4 Å². The summed E-state index contributed by atoms with van der Waals surface area (Å²) in [4.78, 5) is 13.4. The molecule has 0 aliphatic heterocycles. The fourth-order valence-electron chi connectivity index (χ4n) is 2.84. The second-order valence-electron chi connectivity index (χ2n) is 5.71. The largest absolute Gasteiger partial charge is 0.404 e. The van der Waals surface area contributed by atoms with Gasteiger partial charge in [0, 0.05) is 29.6 Å². The zero-order valence-corrected chi connectivity index (χ0v) is 13.4. The van der Waals surface area contributed by atoms with Crippen molar-refractivity contribution in [1.29, 1.82) is 5.41 Å². The molecule has 122 valence electrons. The van der Waals surface area contributed by atoms with Gasteiger partial charge in [0.05, 0.1) is 24.1 Å². The van der Waals surface area contributed by atoms with Crippen molar-refractivity contribution < 1.29 is 0 Å². The molecule has 4 rings (SSSR count). The van der Waals surface area contributed by atoms with Gasteiger partial charge in [-0.05, 0) is 35.9 Å². The molecule has 3 heterocycles. The van der Waals surface area contributed by atoms with E-state index in [0.29, 0.717) is 17.8 Å². The molecule has 0 atom stereocenters. The lowest BCUT2D eigenvalue weighted by Gasteiger charge is -2.07. The van der Waals surface area contributed by atoms with Crippen LogP contribution in [0.3, 0.4) is 0 Å². The summed E-state index contributed by atoms with van der Waals surface area (Å²) in [5.74, 6) is 0. The monoisotopic (exact) mass is 328 g/mol. The molecular weight excluding hydrogens is 312 g/mol. The molecule has 6 nitrogen and oxygen atoms in total. The molecule has 0 bridgehead atoms. The van der Waals surface area contributed by atoms with Crippen LogP contribution in [0.25, 0.3) is 27.6 Å². The highest BCUT2D eigenvalue weighted by Gasteiger charge is 2.08. The van der Waals surface area contributed by atoms with E-state index in [2.05, 4.69) is 33.2 Å². The van der Waals surface area contributed by atoms with Crippen LogP contribution in [0, 0.1) is 5.41 Å². The highest BCUT2D eigenvalue weighted by Crippen LogP contribution is 2.18. The first-order valence-electron chi connectivity index (χ1n) is 7.87. The van der Waals surface area contributed by atoms with Gasteiger partial charge in [0.25, 0.3) is 0 Å². The number of nitrogens with zero attached hydrogens (tertiary/aromatic N) is 4. The van der Waals surface area contributed by atoms with E-state index in [1.807, 2.05) is 28.8 Å². The quantitative estimate of drug-likeness (QED) is 0.563. The van der Waals surface area contributed by atoms with Crippen LogP contribution in [0.2, 0.25) is 0 Å². The average Bonchev–Trinajstić information content (AvgIpc) is 3.05. The van der Waals surface area contributed by atoms with Crippen LogP contribution in [-0.4, -0.2) is 25.7 Å². The molecule has 0 amide bonds. The Bertz CT molecular complexity index is 1110. The van der Waals surface area contributed by atoms with E-state index >= 15 is 0 Å². The molecule has 0 spiro atoms. The summed E-state index contributed by atoms with van der Waals surface area (Å²) in [6.07, 6.45) is 6.16. The maximum atomic E-state index is 7.44. The highest BCUT2D eigenvalue weighted by atomic mass is 15.1. The van der Waals surface area contributed by atoms with Gasteiger partial charge in [-0.1, -0.05) is 12.1 Å². The molecule has 0 aliphatic rings. The van der Waals surface area contributed by atoms with Crippen LogP contribution in [0.4, 0.5) is 0 Å². The first-order valence-corrected chi connectivity index (χ1v) is 7.87. The Hall–Kier alpha value is -3.54. The SMILES string of the molecule is N=C/C(=C\N)c1ccc2ncn(Cc3ccc4ncccc4c3)c2n1. The van der Waals surface area contributed by atoms with Gasteiger partial charge in [-0.25, -0.2) is 9.97 Å². The van der Waals surface area contributed by atoms with E-state index in [-0.39, 0.29) is 0 Å². The fourth-order valence-corrected chi connectivity index (χ4v) is 2.84. The highest BCUT2D eigenvalue weighted by molar-refractivity contribution is 6.07. The number of nitrogens with one attached hydrogen (secondary N) is 1. The van der Waals surface area contributed by atoms with E-state index in [9.17, 15) is 0 Å². The Balaban J connectivity index is 1.75. The van der Waals surface area contributed by atoms with Crippen molar-refractivity contribution in [2.45, 2.75) is 6.54 Å². The predicted octanol–water partition coefficient (Wildman–Crippen LogP) is 2.98. The second kappa shape index (κ2) is 6.16. The van der Waals surface area contributed by atoms with Crippen molar-refractivity contribution >= 4 is 33.9 Å². The first-order chi connectivity index (χ1) is 12.3. The lowest BCUT2D eigenvalue weighted by molar-refractivity contribution is 0.815. The van der Waals surface area contributed by atoms with Crippen molar-refractivity contribution in [3.63, 3.8) is 0 Å². The summed E-state index contributed by atoms with van der Waals surface area (Å²) in [5, 5.41) is 8.54.